The molecule has 3 aromatic rings. The highest BCUT2D eigenvalue weighted by molar-refractivity contribution is 6.01. The number of nitrogens with zero attached hydrogens (tertiary/aromatic N) is 1. The lowest BCUT2D eigenvalue weighted by molar-refractivity contribution is -0.118. The topological polar surface area (TPSA) is 78.5 Å². The van der Waals surface area contributed by atoms with Crippen molar-refractivity contribution < 1.29 is 14.4 Å². The van der Waals surface area contributed by atoms with Gasteiger partial charge in [0.25, 0.3) is 5.91 Å². The van der Waals surface area contributed by atoms with Gasteiger partial charge in [0.15, 0.2) is 0 Å². The summed E-state index contributed by atoms with van der Waals surface area (Å²) in [6.07, 6.45) is 1.80. The van der Waals surface area contributed by atoms with E-state index in [0.29, 0.717) is 24.1 Å². The zero-order valence-electron chi connectivity index (χ0n) is 17.7. The second-order valence-electron chi connectivity index (χ2n) is 7.77. The lowest BCUT2D eigenvalue weighted by atomic mass is 10.0. The van der Waals surface area contributed by atoms with Gasteiger partial charge in [-0.15, -0.1) is 0 Å². The number of carbonyl (C=O) groups is 3. The maximum atomic E-state index is 13.1. The summed E-state index contributed by atoms with van der Waals surface area (Å²) in [6, 6.07) is 24.9. The van der Waals surface area contributed by atoms with E-state index in [0.717, 1.165) is 24.2 Å². The van der Waals surface area contributed by atoms with Crippen LogP contribution in [0, 0.1) is 0 Å². The van der Waals surface area contributed by atoms with Gasteiger partial charge < -0.3 is 15.5 Å². The maximum Gasteiger partial charge on any atom is 0.251 e. The molecule has 2 N–H and O–H groups in total. The molecule has 0 spiro atoms. The van der Waals surface area contributed by atoms with Gasteiger partial charge in [-0.25, -0.2) is 0 Å². The van der Waals surface area contributed by atoms with Gasteiger partial charge in [-0.05, 0) is 48.4 Å². The molecule has 32 heavy (non-hydrogen) atoms. The van der Waals surface area contributed by atoms with E-state index >= 15 is 0 Å². The van der Waals surface area contributed by atoms with Crippen LogP contribution in [0.2, 0.25) is 0 Å². The molecule has 1 saturated heterocycles. The molecule has 0 radical (unpaired) electrons. The number of hydrogen-bond donors (Lipinski definition) is 2. The third-order valence-corrected chi connectivity index (χ3v) is 5.46. The third kappa shape index (κ3) is 5.21. The van der Waals surface area contributed by atoms with Crippen molar-refractivity contribution in [2.24, 2.45) is 0 Å². The number of carbonyl (C=O) groups excluding carboxylic acids is 3. The molecule has 1 fully saturated rings. The molecule has 1 atom stereocenters. The van der Waals surface area contributed by atoms with Gasteiger partial charge in [0.1, 0.15) is 6.04 Å². The minimum Gasteiger partial charge on any atom is -0.340 e. The number of hydrogen-bond acceptors (Lipinski definition) is 3. The van der Waals surface area contributed by atoms with Gasteiger partial charge in [-0.3, -0.25) is 14.4 Å². The normalized spacial score (nSPS) is 14.1. The Kier molecular flexibility index (Phi) is 6.60. The highest BCUT2D eigenvalue weighted by Crippen LogP contribution is 2.23. The number of nitrogens with one attached hydrogen (secondary N) is 2. The van der Waals surface area contributed by atoms with Crippen molar-refractivity contribution in [3.05, 3.63) is 96.1 Å². The second-order valence-corrected chi connectivity index (χ2v) is 7.77. The molecule has 0 unspecified atom stereocenters. The fourth-order valence-electron chi connectivity index (χ4n) is 3.77. The van der Waals surface area contributed by atoms with E-state index in [1.54, 1.807) is 41.3 Å². The smallest absolute Gasteiger partial charge is 0.251 e. The van der Waals surface area contributed by atoms with Crippen LogP contribution in [0.5, 0.6) is 0 Å². The molecule has 0 aliphatic carbocycles. The van der Waals surface area contributed by atoms with Crippen LogP contribution in [0.25, 0.3) is 0 Å². The van der Waals surface area contributed by atoms with Crippen molar-refractivity contribution in [1.29, 1.82) is 0 Å². The minimum absolute atomic E-state index is 0.119. The molecule has 3 aromatic carbocycles. The SMILES string of the molecule is O=C(N[C@@H](Cc1ccccc1)C(=O)Nc1ccc(N2CCCC2=O)cc1)c1ccccc1. The summed E-state index contributed by atoms with van der Waals surface area (Å²) in [5.74, 6) is -0.485. The minimum atomic E-state index is -0.745. The third-order valence-electron chi connectivity index (χ3n) is 5.46. The largest absolute Gasteiger partial charge is 0.340 e. The first-order chi connectivity index (χ1) is 15.6. The number of benzene rings is 3. The molecule has 0 saturated carbocycles. The lowest BCUT2D eigenvalue weighted by Gasteiger charge is -2.20. The first-order valence-corrected chi connectivity index (χ1v) is 10.7. The van der Waals surface area contributed by atoms with Crippen molar-refractivity contribution in [2.45, 2.75) is 25.3 Å². The fraction of sp³-hybridized carbons (Fsp3) is 0.192. The molecule has 6 heteroatoms. The maximum absolute atomic E-state index is 13.1. The summed E-state index contributed by atoms with van der Waals surface area (Å²) in [6.45, 7) is 0.717. The number of amides is 3. The second kappa shape index (κ2) is 9.92. The summed E-state index contributed by atoms with van der Waals surface area (Å²) >= 11 is 0. The Morgan fingerprint density at radius 1 is 0.875 bits per heavy atom. The Morgan fingerprint density at radius 3 is 2.16 bits per heavy atom. The molecule has 6 nitrogen and oxygen atoms in total. The summed E-state index contributed by atoms with van der Waals surface area (Å²) in [7, 11) is 0. The van der Waals surface area contributed by atoms with Crippen molar-refractivity contribution in [2.75, 3.05) is 16.8 Å². The molecule has 1 heterocycles. The number of rotatable bonds is 7. The van der Waals surface area contributed by atoms with Crippen LogP contribution >= 0.6 is 0 Å². The van der Waals surface area contributed by atoms with E-state index in [9.17, 15) is 14.4 Å². The van der Waals surface area contributed by atoms with E-state index in [-0.39, 0.29) is 17.7 Å². The molecule has 4 rings (SSSR count). The van der Waals surface area contributed by atoms with Crippen molar-refractivity contribution in [3.8, 4) is 0 Å². The van der Waals surface area contributed by atoms with Crippen molar-refractivity contribution >= 4 is 29.1 Å². The Labute approximate surface area is 187 Å². The Balaban J connectivity index is 1.47. The van der Waals surface area contributed by atoms with Gasteiger partial charge in [-0.2, -0.15) is 0 Å². The molecular weight excluding hydrogens is 402 g/mol. The standard InChI is InChI=1S/C26H25N3O3/c30-24-12-7-17-29(24)22-15-13-21(14-16-22)27-26(32)23(18-19-8-3-1-4-9-19)28-25(31)20-10-5-2-6-11-20/h1-6,8-11,13-16,23H,7,12,17-18H2,(H,27,32)(H,28,31)/t23-/m0/s1. The fourth-order valence-corrected chi connectivity index (χ4v) is 3.77. The first-order valence-electron chi connectivity index (χ1n) is 10.7. The van der Waals surface area contributed by atoms with E-state index in [4.69, 9.17) is 0 Å². The van der Waals surface area contributed by atoms with Gasteiger partial charge in [-0.1, -0.05) is 48.5 Å². The van der Waals surface area contributed by atoms with Crippen LogP contribution in [0.15, 0.2) is 84.9 Å². The Morgan fingerprint density at radius 2 is 1.53 bits per heavy atom. The van der Waals surface area contributed by atoms with Gasteiger partial charge in [0, 0.05) is 36.3 Å². The quantitative estimate of drug-likeness (QED) is 0.602. The molecule has 0 aromatic heterocycles. The van der Waals surface area contributed by atoms with E-state index in [1.807, 2.05) is 48.5 Å². The van der Waals surface area contributed by atoms with Gasteiger partial charge in [0.2, 0.25) is 11.8 Å². The van der Waals surface area contributed by atoms with Crippen LogP contribution in [0.3, 0.4) is 0 Å². The van der Waals surface area contributed by atoms with E-state index in [1.165, 1.54) is 0 Å². The molecule has 3 amide bonds. The molecule has 0 bridgehead atoms. The monoisotopic (exact) mass is 427 g/mol. The predicted octanol–water partition coefficient (Wildman–Crippen LogP) is 3.79. The van der Waals surface area contributed by atoms with Crippen LogP contribution < -0.4 is 15.5 Å². The zero-order valence-corrected chi connectivity index (χ0v) is 17.7. The Bertz CT molecular complexity index is 1080. The van der Waals surface area contributed by atoms with Crippen LogP contribution in [-0.2, 0) is 16.0 Å². The highest BCUT2D eigenvalue weighted by atomic mass is 16.2. The molecular formula is C26H25N3O3. The average molecular weight is 428 g/mol. The summed E-state index contributed by atoms with van der Waals surface area (Å²) in [4.78, 5) is 39.5. The summed E-state index contributed by atoms with van der Waals surface area (Å²) in [5.41, 5.74) is 2.88. The Hall–Kier alpha value is -3.93. The van der Waals surface area contributed by atoms with Crippen LogP contribution in [0.4, 0.5) is 11.4 Å². The first kappa shape index (κ1) is 21.3. The predicted molar refractivity (Wildman–Crippen MR) is 125 cm³/mol. The highest BCUT2D eigenvalue weighted by Gasteiger charge is 2.23. The number of anilines is 2. The summed E-state index contributed by atoms with van der Waals surface area (Å²) < 4.78 is 0. The van der Waals surface area contributed by atoms with E-state index in [2.05, 4.69) is 10.6 Å². The van der Waals surface area contributed by atoms with Gasteiger partial charge >= 0.3 is 0 Å². The molecule has 1 aliphatic rings. The lowest BCUT2D eigenvalue weighted by Crippen LogP contribution is -2.45. The molecule has 1 aliphatic heterocycles. The van der Waals surface area contributed by atoms with Crippen LogP contribution in [0.1, 0.15) is 28.8 Å². The van der Waals surface area contributed by atoms with Crippen molar-refractivity contribution in [3.63, 3.8) is 0 Å². The van der Waals surface area contributed by atoms with Crippen LogP contribution in [-0.4, -0.2) is 30.3 Å². The van der Waals surface area contributed by atoms with E-state index < -0.39 is 6.04 Å². The molecule has 162 valence electrons. The zero-order chi connectivity index (χ0) is 22.3. The summed E-state index contributed by atoms with van der Waals surface area (Å²) in [5, 5.41) is 5.75. The van der Waals surface area contributed by atoms with Crippen molar-refractivity contribution in [1.82, 2.24) is 5.32 Å². The van der Waals surface area contributed by atoms with Gasteiger partial charge in [0.05, 0.1) is 0 Å². The average Bonchev–Trinajstić information content (AvgIpc) is 3.26.